The number of aromatic nitrogens is 3. The van der Waals surface area contributed by atoms with Crippen LogP contribution in [0.1, 0.15) is 40.5 Å². The number of hydrogen-bond donors (Lipinski definition) is 0. The van der Waals surface area contributed by atoms with Gasteiger partial charge in [0.25, 0.3) is 0 Å². The molecule has 3 atom stereocenters. The zero-order chi connectivity index (χ0) is 17.5. The minimum Gasteiger partial charge on any atom is -0.464 e. The summed E-state index contributed by atoms with van der Waals surface area (Å²) < 4.78 is 12.4. The fourth-order valence-corrected chi connectivity index (χ4v) is 3.52. The summed E-state index contributed by atoms with van der Waals surface area (Å²) in [4.78, 5) is 30.5. The highest BCUT2D eigenvalue weighted by molar-refractivity contribution is 5.83. The molecule has 1 aliphatic heterocycles. The third kappa shape index (κ3) is 3.09. The van der Waals surface area contributed by atoms with Crippen LogP contribution >= 0.6 is 0 Å². The molecule has 1 aromatic rings. The van der Waals surface area contributed by atoms with E-state index in [9.17, 15) is 9.59 Å². The Kier molecular flexibility index (Phi) is 4.01. The zero-order valence-electron chi connectivity index (χ0n) is 14.6. The van der Waals surface area contributed by atoms with Crippen LogP contribution in [0, 0.1) is 5.41 Å². The van der Waals surface area contributed by atoms with Gasteiger partial charge in [-0.25, -0.2) is 14.6 Å². The molecular formula is C16H24N4O4. The van der Waals surface area contributed by atoms with Crippen LogP contribution in [0.25, 0.3) is 0 Å². The average Bonchev–Trinajstić information content (AvgIpc) is 2.85. The maximum absolute atomic E-state index is 12.6. The van der Waals surface area contributed by atoms with Gasteiger partial charge in [0.05, 0.1) is 13.2 Å². The van der Waals surface area contributed by atoms with Crippen molar-refractivity contribution in [3.8, 4) is 0 Å². The number of ether oxygens (including phenoxy) is 2. The molecule has 3 rings (SSSR count). The molecule has 1 aromatic heterocycles. The van der Waals surface area contributed by atoms with Gasteiger partial charge in [0, 0.05) is 11.5 Å². The predicted octanol–water partition coefficient (Wildman–Crippen LogP) is 1.61. The molecule has 2 heterocycles. The van der Waals surface area contributed by atoms with E-state index in [1.807, 2.05) is 20.8 Å². The number of esters is 1. The van der Waals surface area contributed by atoms with E-state index >= 15 is 0 Å². The molecule has 8 nitrogen and oxygen atoms in total. The van der Waals surface area contributed by atoms with Gasteiger partial charge < -0.3 is 9.47 Å². The van der Waals surface area contributed by atoms with Crippen molar-refractivity contribution in [3.05, 3.63) is 12.7 Å². The van der Waals surface area contributed by atoms with Crippen molar-refractivity contribution in [3.63, 3.8) is 0 Å². The van der Waals surface area contributed by atoms with Crippen molar-refractivity contribution < 1.29 is 19.1 Å². The van der Waals surface area contributed by atoms with Crippen molar-refractivity contribution in [1.82, 2.24) is 19.7 Å². The number of likely N-dealkylation sites (tertiary alicyclic amines) is 1. The SMILES string of the molecule is CCOC(=O)[C@@H]1C[C@]2(Cn3cncn3)C[C@@H]2N1C(=O)OC(C)(C)C. The molecule has 0 unspecified atom stereocenters. The van der Waals surface area contributed by atoms with E-state index < -0.39 is 17.7 Å². The highest BCUT2D eigenvalue weighted by Crippen LogP contribution is 2.60. The number of hydrogen-bond acceptors (Lipinski definition) is 6. The predicted molar refractivity (Wildman–Crippen MR) is 84.0 cm³/mol. The van der Waals surface area contributed by atoms with Gasteiger partial charge in [-0.1, -0.05) is 0 Å². The zero-order valence-corrected chi connectivity index (χ0v) is 14.6. The van der Waals surface area contributed by atoms with Gasteiger partial charge in [-0.3, -0.25) is 9.58 Å². The summed E-state index contributed by atoms with van der Waals surface area (Å²) in [5.41, 5.74) is -0.760. The molecule has 1 saturated carbocycles. The largest absolute Gasteiger partial charge is 0.464 e. The molecule has 0 spiro atoms. The van der Waals surface area contributed by atoms with E-state index in [-0.39, 0.29) is 24.0 Å². The van der Waals surface area contributed by atoms with E-state index in [0.717, 1.165) is 6.42 Å². The molecule has 0 N–H and O–H groups in total. The van der Waals surface area contributed by atoms with Crippen LogP contribution in [-0.4, -0.2) is 56.0 Å². The topological polar surface area (TPSA) is 86.6 Å². The van der Waals surface area contributed by atoms with E-state index in [1.165, 1.54) is 6.33 Å². The van der Waals surface area contributed by atoms with Gasteiger partial charge in [-0.05, 0) is 40.5 Å². The molecule has 0 aromatic carbocycles. The van der Waals surface area contributed by atoms with E-state index in [4.69, 9.17) is 9.47 Å². The minimum absolute atomic E-state index is 0.0223. The van der Waals surface area contributed by atoms with Crippen LogP contribution in [-0.2, 0) is 20.8 Å². The second-order valence-corrected chi connectivity index (χ2v) is 7.53. The number of piperidine rings is 1. The molecule has 2 fully saturated rings. The summed E-state index contributed by atoms with van der Waals surface area (Å²) in [6.45, 7) is 8.13. The molecule has 132 valence electrons. The Morgan fingerprint density at radius 2 is 2.08 bits per heavy atom. The van der Waals surface area contributed by atoms with Gasteiger partial charge in [0.1, 0.15) is 24.3 Å². The lowest BCUT2D eigenvalue weighted by molar-refractivity contribution is -0.149. The Balaban J connectivity index is 1.79. The summed E-state index contributed by atoms with van der Waals surface area (Å²) >= 11 is 0. The number of amides is 1. The number of nitrogens with zero attached hydrogens (tertiary/aromatic N) is 4. The van der Waals surface area contributed by atoms with Crippen molar-refractivity contribution in [2.24, 2.45) is 5.41 Å². The first-order valence-electron chi connectivity index (χ1n) is 8.26. The third-order valence-corrected chi connectivity index (χ3v) is 4.52. The lowest BCUT2D eigenvalue weighted by Crippen LogP contribution is -2.46. The monoisotopic (exact) mass is 336 g/mol. The van der Waals surface area contributed by atoms with E-state index in [2.05, 4.69) is 10.1 Å². The Labute approximate surface area is 141 Å². The Morgan fingerprint density at radius 3 is 2.67 bits per heavy atom. The van der Waals surface area contributed by atoms with E-state index in [1.54, 1.807) is 22.8 Å². The van der Waals surface area contributed by atoms with Gasteiger partial charge in [-0.15, -0.1) is 0 Å². The summed E-state index contributed by atoms with van der Waals surface area (Å²) in [6, 6.07) is -0.618. The Bertz CT molecular complexity index is 625. The fraction of sp³-hybridized carbons (Fsp3) is 0.750. The Hall–Kier alpha value is -2.12. The van der Waals surface area contributed by atoms with Crippen LogP contribution in [0.5, 0.6) is 0 Å². The smallest absolute Gasteiger partial charge is 0.411 e. The van der Waals surface area contributed by atoms with Gasteiger partial charge in [0.15, 0.2) is 0 Å². The number of rotatable bonds is 4. The van der Waals surface area contributed by atoms with Crippen LogP contribution in [0.15, 0.2) is 12.7 Å². The molecule has 1 amide bonds. The Morgan fingerprint density at radius 1 is 1.33 bits per heavy atom. The third-order valence-electron chi connectivity index (χ3n) is 4.52. The molecule has 1 aliphatic carbocycles. The van der Waals surface area contributed by atoms with Gasteiger partial charge >= 0.3 is 12.1 Å². The molecule has 0 radical (unpaired) electrons. The lowest BCUT2D eigenvalue weighted by atomic mass is 10.00. The summed E-state index contributed by atoms with van der Waals surface area (Å²) in [6.07, 6.45) is 4.08. The van der Waals surface area contributed by atoms with Crippen LogP contribution in [0.4, 0.5) is 4.79 Å². The van der Waals surface area contributed by atoms with Crippen molar-refractivity contribution in [1.29, 1.82) is 0 Å². The first kappa shape index (κ1) is 16.7. The van der Waals surface area contributed by atoms with Crippen molar-refractivity contribution in [2.75, 3.05) is 6.61 Å². The highest BCUT2D eigenvalue weighted by atomic mass is 16.6. The van der Waals surface area contributed by atoms with E-state index in [0.29, 0.717) is 13.0 Å². The molecule has 8 heteroatoms. The van der Waals surface area contributed by atoms with Gasteiger partial charge in [-0.2, -0.15) is 5.10 Å². The first-order valence-corrected chi connectivity index (χ1v) is 8.26. The summed E-state index contributed by atoms with van der Waals surface area (Å²) in [5.74, 6) is -0.367. The van der Waals surface area contributed by atoms with Crippen molar-refractivity contribution >= 4 is 12.1 Å². The summed E-state index contributed by atoms with van der Waals surface area (Å²) in [5, 5.41) is 4.14. The summed E-state index contributed by atoms with van der Waals surface area (Å²) in [7, 11) is 0. The number of fused-ring (bicyclic) bond motifs is 1. The van der Waals surface area contributed by atoms with Crippen LogP contribution in [0.3, 0.4) is 0 Å². The normalized spacial score (nSPS) is 28.4. The standard InChI is InChI=1S/C16H24N4O4/c1-5-23-13(21)11-6-16(8-19-10-17-9-18-19)7-12(16)20(11)14(22)24-15(2,3)4/h9-12H,5-8H2,1-4H3/t11-,12-,16+/m0/s1. The van der Waals surface area contributed by atoms with Gasteiger partial charge in [0.2, 0.25) is 0 Å². The average molecular weight is 336 g/mol. The second-order valence-electron chi connectivity index (χ2n) is 7.53. The molecule has 2 aliphatic rings. The lowest BCUT2D eigenvalue weighted by Gasteiger charge is -2.29. The van der Waals surface area contributed by atoms with Crippen LogP contribution in [0.2, 0.25) is 0 Å². The van der Waals surface area contributed by atoms with Crippen LogP contribution < -0.4 is 0 Å². The molecule has 1 saturated heterocycles. The molecule has 0 bridgehead atoms. The molecular weight excluding hydrogens is 312 g/mol. The number of carbonyl (C=O) groups excluding carboxylic acids is 2. The number of carbonyl (C=O) groups is 2. The maximum atomic E-state index is 12.6. The molecule has 24 heavy (non-hydrogen) atoms. The quantitative estimate of drug-likeness (QED) is 0.777. The fourth-order valence-electron chi connectivity index (χ4n) is 3.52. The van der Waals surface area contributed by atoms with Crippen molar-refractivity contribution in [2.45, 2.75) is 64.8 Å². The minimum atomic E-state index is -0.609. The maximum Gasteiger partial charge on any atom is 0.411 e. The first-order chi connectivity index (χ1) is 11.3. The second kappa shape index (κ2) is 5.75. The highest BCUT2D eigenvalue weighted by Gasteiger charge is 2.68.